The third kappa shape index (κ3) is 5.31. The summed E-state index contributed by atoms with van der Waals surface area (Å²) in [6.45, 7) is 0.109. The molecule has 1 unspecified atom stereocenters. The first-order valence-electron chi connectivity index (χ1n) is 9.59. The molecule has 2 aromatic carbocycles. The van der Waals surface area contributed by atoms with Gasteiger partial charge in [0, 0.05) is 32.1 Å². The van der Waals surface area contributed by atoms with Crippen LogP contribution in [0.2, 0.25) is 0 Å². The summed E-state index contributed by atoms with van der Waals surface area (Å²) in [5.74, 6) is 0.911. The van der Waals surface area contributed by atoms with Crippen LogP contribution in [0.4, 0.5) is 0 Å². The molecule has 0 aliphatic rings. The van der Waals surface area contributed by atoms with Gasteiger partial charge in [-0.1, -0.05) is 12.1 Å². The van der Waals surface area contributed by atoms with Gasteiger partial charge in [-0.25, -0.2) is 13.4 Å². The average Bonchev–Trinajstić information content (AvgIpc) is 3.21. The van der Waals surface area contributed by atoms with Crippen LogP contribution in [0, 0.1) is 0 Å². The maximum atomic E-state index is 12.9. The van der Waals surface area contributed by atoms with Crippen LogP contribution in [0.15, 0.2) is 65.8 Å². The molecule has 9 heteroatoms. The molecule has 0 aliphatic carbocycles. The summed E-state index contributed by atoms with van der Waals surface area (Å²) in [6.07, 6.45) is 3.47. The number of aryl methyl sites for hydroxylation is 1. The molecule has 1 atom stereocenters. The summed E-state index contributed by atoms with van der Waals surface area (Å²) in [5, 5.41) is 2.99. The Balaban J connectivity index is 1.84. The van der Waals surface area contributed by atoms with Crippen LogP contribution >= 0.6 is 0 Å². The first-order valence-corrected chi connectivity index (χ1v) is 11.2. The van der Waals surface area contributed by atoms with Crippen LogP contribution in [0.3, 0.4) is 0 Å². The van der Waals surface area contributed by atoms with Gasteiger partial charge in [-0.2, -0.15) is 0 Å². The molecule has 164 valence electrons. The van der Waals surface area contributed by atoms with E-state index in [0.717, 1.165) is 5.56 Å². The fourth-order valence-corrected chi connectivity index (χ4v) is 4.26. The predicted molar refractivity (Wildman–Crippen MR) is 116 cm³/mol. The lowest BCUT2D eigenvalue weighted by Gasteiger charge is -2.19. The summed E-state index contributed by atoms with van der Waals surface area (Å²) in [4.78, 5) is 17.5. The van der Waals surface area contributed by atoms with Crippen molar-refractivity contribution in [1.29, 1.82) is 0 Å². The number of hydrogen-bond donors (Lipinski definition) is 1. The number of methoxy groups -OCH3 is 2. The maximum absolute atomic E-state index is 12.9. The average molecular weight is 444 g/mol. The Morgan fingerprint density at radius 2 is 1.77 bits per heavy atom. The van der Waals surface area contributed by atoms with E-state index in [-0.39, 0.29) is 23.2 Å². The number of sulfone groups is 1. The molecule has 1 heterocycles. The van der Waals surface area contributed by atoms with E-state index in [0.29, 0.717) is 17.1 Å². The smallest absolute Gasteiger partial charge is 0.252 e. The Morgan fingerprint density at radius 1 is 1.10 bits per heavy atom. The van der Waals surface area contributed by atoms with E-state index >= 15 is 0 Å². The van der Waals surface area contributed by atoms with E-state index in [9.17, 15) is 13.2 Å². The second kappa shape index (κ2) is 9.76. The van der Waals surface area contributed by atoms with Gasteiger partial charge in [-0.05, 0) is 42.0 Å². The molecule has 0 saturated heterocycles. The highest BCUT2D eigenvalue weighted by atomic mass is 32.2. The number of nitrogens with one attached hydrogen (secondary N) is 1. The molecule has 0 spiro atoms. The number of amides is 1. The number of nitrogens with zero attached hydrogens (tertiary/aromatic N) is 2. The van der Waals surface area contributed by atoms with Crippen molar-refractivity contribution in [3.05, 3.63) is 77.9 Å². The molecule has 0 aliphatic heterocycles. The van der Waals surface area contributed by atoms with E-state index in [1.807, 2.05) is 35.9 Å². The Kier molecular flexibility index (Phi) is 7.09. The minimum absolute atomic E-state index is 0.109. The summed E-state index contributed by atoms with van der Waals surface area (Å²) in [6, 6.07) is 12.7. The van der Waals surface area contributed by atoms with Gasteiger partial charge >= 0.3 is 0 Å². The van der Waals surface area contributed by atoms with E-state index in [1.54, 1.807) is 19.5 Å². The summed E-state index contributed by atoms with van der Waals surface area (Å²) < 4.78 is 36.4. The summed E-state index contributed by atoms with van der Waals surface area (Å²) in [5.41, 5.74) is 1.18. The number of ether oxygens (including phenoxy) is 2. The molecule has 1 aromatic heterocycles. The Hall–Kier alpha value is -3.17. The molecule has 3 aromatic rings. The number of rotatable bonds is 9. The molecule has 8 nitrogen and oxygen atoms in total. The van der Waals surface area contributed by atoms with Gasteiger partial charge in [0.1, 0.15) is 17.6 Å². The van der Waals surface area contributed by atoms with Gasteiger partial charge < -0.3 is 19.4 Å². The number of aromatic nitrogens is 2. The minimum atomic E-state index is -3.46. The molecule has 0 fully saturated rings. The molecule has 31 heavy (non-hydrogen) atoms. The van der Waals surface area contributed by atoms with E-state index in [1.165, 1.54) is 31.4 Å². The second-order valence-electron chi connectivity index (χ2n) is 6.91. The van der Waals surface area contributed by atoms with Crippen LogP contribution in [-0.4, -0.2) is 50.5 Å². The Labute approximate surface area is 181 Å². The van der Waals surface area contributed by atoms with Crippen LogP contribution in [0.1, 0.15) is 27.8 Å². The van der Waals surface area contributed by atoms with Crippen molar-refractivity contribution in [2.45, 2.75) is 10.9 Å². The lowest BCUT2D eigenvalue weighted by molar-refractivity contribution is 0.0941. The van der Waals surface area contributed by atoms with Gasteiger partial charge in [-0.15, -0.1) is 0 Å². The quantitative estimate of drug-likeness (QED) is 0.545. The highest BCUT2D eigenvalue weighted by molar-refractivity contribution is 7.91. The zero-order chi connectivity index (χ0) is 22.4. The molecule has 0 saturated carbocycles. The first-order chi connectivity index (χ1) is 14.9. The van der Waals surface area contributed by atoms with Gasteiger partial charge in [0.25, 0.3) is 5.91 Å². The van der Waals surface area contributed by atoms with Crippen LogP contribution in [0.25, 0.3) is 0 Å². The highest BCUT2D eigenvalue weighted by Crippen LogP contribution is 2.24. The number of benzene rings is 2. The molecular weight excluding hydrogens is 418 g/mol. The fourth-order valence-electron chi connectivity index (χ4n) is 3.09. The lowest BCUT2D eigenvalue weighted by Crippen LogP contribution is -2.31. The number of imidazole rings is 1. The predicted octanol–water partition coefficient (Wildman–Crippen LogP) is 2.37. The largest absolute Gasteiger partial charge is 0.497 e. The van der Waals surface area contributed by atoms with Crippen molar-refractivity contribution in [3.8, 4) is 5.75 Å². The van der Waals surface area contributed by atoms with Gasteiger partial charge in [0.2, 0.25) is 0 Å². The van der Waals surface area contributed by atoms with E-state index < -0.39 is 15.9 Å². The lowest BCUT2D eigenvalue weighted by atomic mass is 10.0. The summed E-state index contributed by atoms with van der Waals surface area (Å²) >= 11 is 0. The van der Waals surface area contributed by atoms with Crippen molar-refractivity contribution in [1.82, 2.24) is 14.9 Å². The van der Waals surface area contributed by atoms with Crippen LogP contribution < -0.4 is 10.1 Å². The van der Waals surface area contributed by atoms with Crippen molar-refractivity contribution >= 4 is 15.7 Å². The Bertz CT molecular complexity index is 1120. The van der Waals surface area contributed by atoms with Crippen molar-refractivity contribution in [2.75, 3.05) is 26.6 Å². The molecule has 0 radical (unpaired) electrons. The SMILES string of the molecule is COCCS(=O)(=O)c1ccc(C(=O)NC(c2ccc(OC)cc2)c2nccn2C)cc1. The van der Waals surface area contributed by atoms with Crippen molar-refractivity contribution in [2.24, 2.45) is 7.05 Å². The number of carbonyl (C=O) groups is 1. The van der Waals surface area contributed by atoms with E-state index in [2.05, 4.69) is 10.3 Å². The minimum Gasteiger partial charge on any atom is -0.497 e. The molecule has 3 rings (SSSR count). The van der Waals surface area contributed by atoms with E-state index in [4.69, 9.17) is 9.47 Å². The highest BCUT2D eigenvalue weighted by Gasteiger charge is 2.22. The van der Waals surface area contributed by atoms with Gasteiger partial charge in [-0.3, -0.25) is 4.79 Å². The normalized spacial score (nSPS) is 12.4. The van der Waals surface area contributed by atoms with Gasteiger partial charge in [0.15, 0.2) is 9.84 Å². The second-order valence-corrected chi connectivity index (χ2v) is 9.02. The fraction of sp³-hybridized carbons (Fsp3) is 0.273. The van der Waals surface area contributed by atoms with Crippen molar-refractivity contribution < 1.29 is 22.7 Å². The molecule has 1 N–H and O–H groups in total. The monoisotopic (exact) mass is 443 g/mol. The molecule has 1 amide bonds. The van der Waals surface area contributed by atoms with Crippen LogP contribution in [-0.2, 0) is 21.6 Å². The third-order valence-corrected chi connectivity index (χ3v) is 6.57. The molecule has 0 bridgehead atoms. The van der Waals surface area contributed by atoms with Gasteiger partial charge in [0.05, 0.1) is 24.4 Å². The zero-order valence-electron chi connectivity index (χ0n) is 17.6. The summed E-state index contributed by atoms with van der Waals surface area (Å²) in [7, 11) is 1.43. The van der Waals surface area contributed by atoms with Crippen LogP contribution in [0.5, 0.6) is 5.75 Å². The zero-order valence-corrected chi connectivity index (χ0v) is 18.4. The molecular formula is C22H25N3O5S. The Morgan fingerprint density at radius 3 is 2.32 bits per heavy atom. The number of carbonyl (C=O) groups excluding carboxylic acids is 1. The first kappa shape index (κ1) is 22.5. The van der Waals surface area contributed by atoms with Crippen molar-refractivity contribution in [3.63, 3.8) is 0 Å². The number of hydrogen-bond acceptors (Lipinski definition) is 6. The topological polar surface area (TPSA) is 99.5 Å². The standard InChI is InChI=1S/C22H25N3O5S/c1-25-13-12-23-21(25)20(16-4-8-18(30-3)9-5-16)24-22(26)17-6-10-19(11-7-17)31(27,28)15-14-29-2/h4-13,20H,14-15H2,1-3H3,(H,24,26). The maximum Gasteiger partial charge on any atom is 0.252 e. The third-order valence-electron chi connectivity index (χ3n) is 4.87.